The second kappa shape index (κ2) is 7.92. The largest absolute Gasteiger partial charge is 0.409 e. The van der Waals surface area contributed by atoms with Crippen molar-refractivity contribution in [1.82, 2.24) is 4.90 Å². The molecule has 1 amide bonds. The van der Waals surface area contributed by atoms with Crippen LogP contribution in [0.2, 0.25) is 0 Å². The fourth-order valence-corrected chi connectivity index (χ4v) is 2.01. The molecular weight excluding hydrogens is 234 g/mol. The van der Waals surface area contributed by atoms with Gasteiger partial charge in [0, 0.05) is 13.7 Å². The maximum absolute atomic E-state index is 12.4. The lowest BCUT2D eigenvalue weighted by Crippen LogP contribution is -2.49. The summed E-state index contributed by atoms with van der Waals surface area (Å²) in [5.41, 5.74) is 5.61. The Kier molecular flexibility index (Phi) is 7.35. The summed E-state index contributed by atoms with van der Waals surface area (Å²) < 4.78 is 5.06. The molecule has 0 heterocycles. The molecule has 0 radical (unpaired) electrons. The Bertz CT molecular complexity index is 292. The molecule has 0 rings (SSSR count). The second-order valence-electron chi connectivity index (χ2n) is 4.68. The number of amides is 1. The van der Waals surface area contributed by atoms with Crippen LogP contribution in [-0.2, 0) is 9.53 Å². The van der Waals surface area contributed by atoms with Crippen LogP contribution in [0, 0.1) is 11.8 Å². The molecule has 0 fully saturated rings. The number of hydrogen-bond donors (Lipinski definition) is 2. The van der Waals surface area contributed by atoms with Gasteiger partial charge >= 0.3 is 0 Å². The average molecular weight is 259 g/mol. The average Bonchev–Trinajstić information content (AvgIpc) is 2.29. The van der Waals surface area contributed by atoms with Gasteiger partial charge in [-0.05, 0) is 19.8 Å². The molecule has 2 unspecified atom stereocenters. The Hall–Kier alpha value is -1.30. The van der Waals surface area contributed by atoms with Crippen molar-refractivity contribution >= 4 is 11.7 Å². The Morgan fingerprint density at radius 3 is 2.33 bits per heavy atom. The standard InChI is InChI=1S/C12H25N3O3/c1-6-15(9(4)7-18-5)12(16)10(8(2)3)11(13)14-17/h8-10,17H,6-7H2,1-5H3,(H2,13,14). The van der Waals surface area contributed by atoms with Gasteiger partial charge in [0.1, 0.15) is 5.92 Å². The smallest absolute Gasteiger partial charge is 0.233 e. The predicted molar refractivity (Wildman–Crippen MR) is 70.5 cm³/mol. The van der Waals surface area contributed by atoms with Gasteiger partial charge in [0.15, 0.2) is 5.84 Å². The number of oxime groups is 1. The van der Waals surface area contributed by atoms with Gasteiger partial charge in [-0.3, -0.25) is 4.79 Å². The minimum atomic E-state index is -0.603. The molecule has 0 aromatic heterocycles. The SMILES string of the molecule is CCN(C(=O)C(C(N)=NO)C(C)C)C(C)COC. The molecule has 0 aliphatic heterocycles. The first-order valence-electron chi connectivity index (χ1n) is 6.17. The van der Waals surface area contributed by atoms with Gasteiger partial charge in [0.05, 0.1) is 12.6 Å². The van der Waals surface area contributed by atoms with Gasteiger partial charge in [0.2, 0.25) is 5.91 Å². The highest BCUT2D eigenvalue weighted by Gasteiger charge is 2.32. The molecule has 0 aliphatic rings. The summed E-state index contributed by atoms with van der Waals surface area (Å²) in [6.45, 7) is 8.57. The second-order valence-corrected chi connectivity index (χ2v) is 4.68. The first-order valence-corrected chi connectivity index (χ1v) is 6.17. The summed E-state index contributed by atoms with van der Waals surface area (Å²) >= 11 is 0. The van der Waals surface area contributed by atoms with Crippen molar-refractivity contribution in [2.75, 3.05) is 20.3 Å². The summed E-state index contributed by atoms with van der Waals surface area (Å²) in [6.07, 6.45) is 0. The zero-order valence-electron chi connectivity index (χ0n) is 11.9. The maximum Gasteiger partial charge on any atom is 0.233 e. The highest BCUT2D eigenvalue weighted by Crippen LogP contribution is 2.16. The molecular formula is C12H25N3O3. The number of nitrogens with zero attached hydrogens (tertiary/aromatic N) is 2. The summed E-state index contributed by atoms with van der Waals surface area (Å²) in [5.74, 6) is -0.808. The van der Waals surface area contributed by atoms with Crippen molar-refractivity contribution in [3.63, 3.8) is 0 Å². The molecule has 0 aliphatic carbocycles. The molecule has 6 nitrogen and oxygen atoms in total. The Labute approximate surface area is 109 Å². The highest BCUT2D eigenvalue weighted by atomic mass is 16.5. The zero-order chi connectivity index (χ0) is 14.3. The highest BCUT2D eigenvalue weighted by molar-refractivity contribution is 6.02. The zero-order valence-corrected chi connectivity index (χ0v) is 11.9. The van der Waals surface area contributed by atoms with E-state index in [0.717, 1.165) is 0 Å². The monoisotopic (exact) mass is 259 g/mol. The van der Waals surface area contributed by atoms with Crippen LogP contribution in [0.25, 0.3) is 0 Å². The van der Waals surface area contributed by atoms with Gasteiger partial charge in [-0.15, -0.1) is 0 Å². The molecule has 0 saturated heterocycles. The fourth-order valence-electron chi connectivity index (χ4n) is 2.01. The van der Waals surface area contributed by atoms with Crippen LogP contribution < -0.4 is 5.73 Å². The Balaban J connectivity index is 5.04. The third-order valence-corrected chi connectivity index (χ3v) is 2.93. The number of likely N-dealkylation sites (N-methyl/N-ethyl adjacent to an activating group) is 1. The van der Waals surface area contributed by atoms with Crippen LogP contribution in [0.3, 0.4) is 0 Å². The third kappa shape index (κ3) is 4.18. The number of carbonyl (C=O) groups is 1. The molecule has 106 valence electrons. The van der Waals surface area contributed by atoms with E-state index in [2.05, 4.69) is 5.16 Å². The van der Waals surface area contributed by atoms with E-state index < -0.39 is 5.92 Å². The predicted octanol–water partition coefficient (Wildman–Crippen LogP) is 0.888. The topological polar surface area (TPSA) is 88.2 Å². The quantitative estimate of drug-likeness (QED) is 0.307. The van der Waals surface area contributed by atoms with E-state index in [1.807, 2.05) is 27.7 Å². The van der Waals surface area contributed by atoms with Crippen molar-refractivity contribution in [2.45, 2.75) is 33.7 Å². The lowest BCUT2D eigenvalue weighted by molar-refractivity contribution is -0.137. The minimum absolute atomic E-state index is 0.0304. The first-order chi connectivity index (χ1) is 8.40. The van der Waals surface area contributed by atoms with Crippen LogP contribution in [0.4, 0.5) is 0 Å². The van der Waals surface area contributed by atoms with Crippen molar-refractivity contribution in [3.8, 4) is 0 Å². The minimum Gasteiger partial charge on any atom is -0.409 e. The summed E-state index contributed by atoms with van der Waals surface area (Å²) in [7, 11) is 1.60. The van der Waals surface area contributed by atoms with Crippen LogP contribution >= 0.6 is 0 Å². The number of rotatable bonds is 7. The van der Waals surface area contributed by atoms with Crippen molar-refractivity contribution < 1.29 is 14.7 Å². The molecule has 2 atom stereocenters. The lowest BCUT2D eigenvalue weighted by Gasteiger charge is -2.32. The maximum atomic E-state index is 12.4. The number of methoxy groups -OCH3 is 1. The van der Waals surface area contributed by atoms with Crippen molar-refractivity contribution in [2.24, 2.45) is 22.7 Å². The molecule has 0 aromatic carbocycles. The molecule has 0 bridgehead atoms. The van der Waals surface area contributed by atoms with E-state index in [-0.39, 0.29) is 23.7 Å². The summed E-state index contributed by atoms with van der Waals surface area (Å²) in [5, 5.41) is 11.7. The van der Waals surface area contributed by atoms with Gasteiger partial charge < -0.3 is 20.6 Å². The van der Waals surface area contributed by atoms with Crippen molar-refractivity contribution in [1.29, 1.82) is 0 Å². The number of ether oxygens (including phenoxy) is 1. The number of carbonyl (C=O) groups excluding carboxylic acids is 1. The molecule has 3 N–H and O–H groups in total. The van der Waals surface area contributed by atoms with Crippen LogP contribution in [0.1, 0.15) is 27.7 Å². The van der Waals surface area contributed by atoms with E-state index >= 15 is 0 Å². The third-order valence-electron chi connectivity index (χ3n) is 2.93. The van der Waals surface area contributed by atoms with Gasteiger partial charge in [-0.1, -0.05) is 19.0 Å². The van der Waals surface area contributed by atoms with Crippen LogP contribution in [-0.4, -0.2) is 48.2 Å². The van der Waals surface area contributed by atoms with E-state index in [4.69, 9.17) is 15.7 Å². The molecule has 0 spiro atoms. The van der Waals surface area contributed by atoms with Gasteiger partial charge in [-0.2, -0.15) is 0 Å². The Morgan fingerprint density at radius 2 is 2.00 bits per heavy atom. The molecule has 0 saturated carbocycles. The van der Waals surface area contributed by atoms with E-state index in [1.54, 1.807) is 12.0 Å². The summed E-state index contributed by atoms with van der Waals surface area (Å²) in [4.78, 5) is 14.1. The fraction of sp³-hybridized carbons (Fsp3) is 0.833. The van der Waals surface area contributed by atoms with Crippen LogP contribution in [0.15, 0.2) is 5.16 Å². The van der Waals surface area contributed by atoms with E-state index in [1.165, 1.54) is 0 Å². The summed E-state index contributed by atoms with van der Waals surface area (Å²) in [6, 6.07) is -0.0414. The van der Waals surface area contributed by atoms with Crippen LogP contribution in [0.5, 0.6) is 0 Å². The van der Waals surface area contributed by atoms with E-state index in [0.29, 0.717) is 13.2 Å². The first kappa shape index (κ1) is 16.7. The van der Waals surface area contributed by atoms with Gasteiger partial charge in [-0.25, -0.2) is 0 Å². The molecule has 6 heteroatoms. The van der Waals surface area contributed by atoms with Gasteiger partial charge in [0.25, 0.3) is 0 Å². The number of amidine groups is 1. The Morgan fingerprint density at radius 1 is 1.44 bits per heavy atom. The molecule has 18 heavy (non-hydrogen) atoms. The number of hydrogen-bond acceptors (Lipinski definition) is 4. The lowest BCUT2D eigenvalue weighted by atomic mass is 9.92. The van der Waals surface area contributed by atoms with Crippen molar-refractivity contribution in [3.05, 3.63) is 0 Å². The van der Waals surface area contributed by atoms with E-state index in [9.17, 15) is 4.79 Å². The number of nitrogens with two attached hydrogens (primary N) is 1. The normalized spacial score (nSPS) is 15.6. The molecule has 0 aromatic rings.